The molecule has 0 spiro atoms. The Kier molecular flexibility index (Phi) is 6.45. The van der Waals surface area contributed by atoms with Gasteiger partial charge in [-0.15, -0.1) is 0 Å². The van der Waals surface area contributed by atoms with E-state index in [1.54, 1.807) is 11.2 Å². The Hall–Kier alpha value is -2.16. The van der Waals surface area contributed by atoms with E-state index in [-0.39, 0.29) is 18.5 Å². The summed E-state index contributed by atoms with van der Waals surface area (Å²) in [5, 5.41) is 3.15. The van der Waals surface area contributed by atoms with Crippen molar-refractivity contribution in [2.45, 2.75) is 38.6 Å². The quantitative estimate of drug-likeness (QED) is 0.777. The second-order valence-corrected chi connectivity index (χ2v) is 9.51. The largest absolute Gasteiger partial charge is 0.468 e. The van der Waals surface area contributed by atoms with E-state index in [1.807, 2.05) is 52.0 Å². The number of nitrogens with one attached hydrogen (secondary N) is 1. The summed E-state index contributed by atoms with van der Waals surface area (Å²) >= 11 is 0. The minimum atomic E-state index is -3.58. The smallest absolute Gasteiger partial charge is 0.243 e. The third kappa shape index (κ3) is 4.71. The van der Waals surface area contributed by atoms with Gasteiger partial charge in [0.15, 0.2) is 0 Å². The molecule has 2 aromatic rings. The van der Waals surface area contributed by atoms with E-state index >= 15 is 0 Å². The highest BCUT2D eigenvalue weighted by Crippen LogP contribution is 2.26. The maximum Gasteiger partial charge on any atom is 0.243 e. The van der Waals surface area contributed by atoms with Crippen LogP contribution in [0.25, 0.3) is 0 Å². The Labute approximate surface area is 172 Å². The fraction of sp³-hybridized carbons (Fsp3) is 0.476. The molecule has 0 bridgehead atoms. The highest BCUT2D eigenvalue weighted by Gasteiger charge is 2.32. The van der Waals surface area contributed by atoms with Crippen LogP contribution in [0.15, 0.2) is 39.8 Å². The van der Waals surface area contributed by atoms with Gasteiger partial charge in [-0.3, -0.25) is 10.1 Å². The van der Waals surface area contributed by atoms with Crippen molar-refractivity contribution in [2.24, 2.45) is 0 Å². The van der Waals surface area contributed by atoms with Crippen LogP contribution in [0, 0.1) is 20.8 Å². The first kappa shape index (κ1) is 21.5. The van der Waals surface area contributed by atoms with Crippen molar-refractivity contribution in [3.05, 3.63) is 53.0 Å². The molecule has 1 amide bonds. The van der Waals surface area contributed by atoms with Crippen molar-refractivity contribution >= 4 is 15.9 Å². The van der Waals surface area contributed by atoms with E-state index in [1.165, 1.54) is 4.31 Å². The lowest BCUT2D eigenvalue weighted by Gasteiger charge is -2.34. The van der Waals surface area contributed by atoms with E-state index in [2.05, 4.69) is 5.32 Å². The monoisotopic (exact) mass is 419 g/mol. The molecule has 0 radical (unpaired) electrons. The van der Waals surface area contributed by atoms with Crippen molar-refractivity contribution in [1.82, 2.24) is 14.5 Å². The van der Waals surface area contributed by atoms with Crippen molar-refractivity contribution in [3.63, 3.8) is 0 Å². The van der Waals surface area contributed by atoms with Crippen LogP contribution in [0.5, 0.6) is 0 Å². The van der Waals surface area contributed by atoms with Crippen LogP contribution in [0.4, 0.5) is 0 Å². The Morgan fingerprint density at radius 3 is 2.31 bits per heavy atom. The second-order valence-electron chi connectivity index (χ2n) is 7.63. The van der Waals surface area contributed by atoms with Crippen LogP contribution < -0.4 is 5.32 Å². The molecule has 158 valence electrons. The summed E-state index contributed by atoms with van der Waals surface area (Å²) in [5.74, 6) is 0.737. The highest BCUT2D eigenvalue weighted by atomic mass is 32.2. The SMILES string of the molecule is Cc1cc(C)c(S(=O)(=O)N2CCN(C(=O)CN[C@@H](C)c3ccco3)CC2)c(C)c1. The molecule has 0 unspecified atom stereocenters. The standard InChI is InChI=1S/C21H29N3O4S/c1-15-12-16(2)21(17(3)13-15)29(26,27)24-9-7-23(8-10-24)20(25)14-22-18(4)19-6-5-11-28-19/h5-6,11-13,18,22H,7-10,14H2,1-4H3/t18-/m0/s1. The molecule has 1 aromatic heterocycles. The normalized spacial score (nSPS) is 16.8. The number of benzene rings is 1. The molecule has 1 atom stereocenters. The first-order chi connectivity index (χ1) is 13.7. The summed E-state index contributed by atoms with van der Waals surface area (Å²) in [7, 11) is -3.58. The topological polar surface area (TPSA) is 82.9 Å². The molecule has 8 heteroatoms. The van der Waals surface area contributed by atoms with Gasteiger partial charge in [0.05, 0.1) is 23.7 Å². The van der Waals surface area contributed by atoms with Crippen LogP contribution in [0.3, 0.4) is 0 Å². The maximum atomic E-state index is 13.2. The Bertz CT molecular complexity index is 939. The van der Waals surface area contributed by atoms with Gasteiger partial charge in [-0.25, -0.2) is 8.42 Å². The Balaban J connectivity index is 1.59. The fourth-order valence-corrected chi connectivity index (χ4v) is 5.70. The maximum absolute atomic E-state index is 13.2. The van der Waals surface area contributed by atoms with Gasteiger partial charge in [-0.05, 0) is 51.0 Å². The summed E-state index contributed by atoms with van der Waals surface area (Å²) in [5.41, 5.74) is 2.57. The summed E-state index contributed by atoms with van der Waals surface area (Å²) in [6.07, 6.45) is 1.60. The van der Waals surface area contributed by atoms with Gasteiger partial charge in [-0.2, -0.15) is 4.31 Å². The minimum Gasteiger partial charge on any atom is -0.468 e. The number of amides is 1. The van der Waals surface area contributed by atoms with Crippen LogP contribution in [0.2, 0.25) is 0 Å². The van der Waals surface area contributed by atoms with E-state index in [0.717, 1.165) is 22.5 Å². The van der Waals surface area contributed by atoms with Crippen LogP contribution in [0.1, 0.15) is 35.4 Å². The molecule has 0 aliphatic carbocycles. The number of rotatable bonds is 6. The predicted octanol–water partition coefficient (Wildman–Crippen LogP) is 2.39. The third-order valence-corrected chi connectivity index (χ3v) is 7.53. The van der Waals surface area contributed by atoms with Crippen LogP contribution in [-0.2, 0) is 14.8 Å². The van der Waals surface area contributed by atoms with Gasteiger partial charge in [0.2, 0.25) is 15.9 Å². The molecule has 1 aromatic carbocycles. The lowest BCUT2D eigenvalue weighted by atomic mass is 10.1. The molecule has 1 aliphatic heterocycles. The molecule has 2 heterocycles. The van der Waals surface area contributed by atoms with Crippen LogP contribution in [-0.4, -0.2) is 56.3 Å². The molecule has 0 saturated carbocycles. The first-order valence-electron chi connectivity index (χ1n) is 9.82. The fourth-order valence-electron chi connectivity index (χ4n) is 3.87. The lowest BCUT2D eigenvalue weighted by Crippen LogP contribution is -2.52. The average Bonchev–Trinajstić information content (AvgIpc) is 3.19. The molecular formula is C21H29N3O4S. The zero-order chi connectivity index (χ0) is 21.2. The molecule has 3 rings (SSSR count). The predicted molar refractivity (Wildman–Crippen MR) is 111 cm³/mol. The van der Waals surface area contributed by atoms with Crippen molar-refractivity contribution in [3.8, 4) is 0 Å². The number of carbonyl (C=O) groups excluding carboxylic acids is 1. The number of hydrogen-bond donors (Lipinski definition) is 1. The second kappa shape index (κ2) is 8.69. The summed E-state index contributed by atoms with van der Waals surface area (Å²) in [6.45, 7) is 9.12. The highest BCUT2D eigenvalue weighted by molar-refractivity contribution is 7.89. The van der Waals surface area contributed by atoms with Crippen molar-refractivity contribution in [2.75, 3.05) is 32.7 Å². The molecule has 1 fully saturated rings. The number of aryl methyl sites for hydroxylation is 3. The Morgan fingerprint density at radius 1 is 1.14 bits per heavy atom. The molecular weight excluding hydrogens is 390 g/mol. The third-order valence-electron chi connectivity index (χ3n) is 5.32. The van der Waals surface area contributed by atoms with Gasteiger partial charge in [0, 0.05) is 26.2 Å². The van der Waals surface area contributed by atoms with Gasteiger partial charge in [-0.1, -0.05) is 17.7 Å². The zero-order valence-corrected chi connectivity index (χ0v) is 18.3. The number of hydrogen-bond acceptors (Lipinski definition) is 5. The van der Waals surface area contributed by atoms with E-state index < -0.39 is 10.0 Å². The van der Waals surface area contributed by atoms with Crippen molar-refractivity contribution in [1.29, 1.82) is 0 Å². The molecule has 1 saturated heterocycles. The average molecular weight is 420 g/mol. The molecule has 1 N–H and O–H groups in total. The Morgan fingerprint density at radius 2 is 1.76 bits per heavy atom. The number of sulfonamides is 1. The van der Waals surface area contributed by atoms with E-state index in [0.29, 0.717) is 31.1 Å². The number of nitrogens with zero attached hydrogens (tertiary/aromatic N) is 2. The zero-order valence-electron chi connectivity index (χ0n) is 17.4. The summed E-state index contributed by atoms with van der Waals surface area (Å²) in [4.78, 5) is 14.6. The van der Waals surface area contributed by atoms with Gasteiger partial charge < -0.3 is 9.32 Å². The molecule has 7 nitrogen and oxygen atoms in total. The number of furan rings is 1. The van der Waals surface area contributed by atoms with E-state index in [9.17, 15) is 13.2 Å². The van der Waals surface area contributed by atoms with Crippen LogP contribution >= 0.6 is 0 Å². The summed E-state index contributed by atoms with van der Waals surface area (Å²) in [6, 6.07) is 7.40. The van der Waals surface area contributed by atoms with Gasteiger partial charge in [0.1, 0.15) is 5.76 Å². The first-order valence-corrected chi connectivity index (χ1v) is 11.3. The van der Waals surface area contributed by atoms with Crippen molar-refractivity contribution < 1.29 is 17.6 Å². The van der Waals surface area contributed by atoms with E-state index in [4.69, 9.17) is 4.42 Å². The summed E-state index contributed by atoms with van der Waals surface area (Å²) < 4.78 is 33.1. The number of piperazine rings is 1. The molecule has 29 heavy (non-hydrogen) atoms. The van der Waals surface area contributed by atoms with Gasteiger partial charge in [0.25, 0.3) is 0 Å². The van der Waals surface area contributed by atoms with Gasteiger partial charge >= 0.3 is 0 Å². The lowest BCUT2D eigenvalue weighted by molar-refractivity contribution is -0.131. The minimum absolute atomic E-state index is 0.0387. The molecule has 1 aliphatic rings. The number of carbonyl (C=O) groups is 1.